The molecule has 1 heterocycles. The van der Waals surface area contributed by atoms with Gasteiger partial charge in [-0.05, 0) is 6.07 Å². The number of carbonyl (C=O) groups is 2. The van der Waals surface area contributed by atoms with Gasteiger partial charge in [0, 0.05) is 18.3 Å². The Morgan fingerprint density at radius 3 is 2.29 bits per heavy atom. The van der Waals surface area contributed by atoms with Gasteiger partial charge < -0.3 is 17.2 Å². The number of pyridine rings is 1. The predicted octanol–water partition coefficient (Wildman–Crippen LogP) is -1.56. The fraction of sp³-hybridized carbons (Fsp3) is 0.300. The van der Waals surface area contributed by atoms with Gasteiger partial charge in [-0.25, -0.2) is 4.98 Å². The van der Waals surface area contributed by atoms with Crippen LogP contribution in [0.15, 0.2) is 18.3 Å². The lowest BCUT2D eigenvalue weighted by Gasteiger charge is -2.19. The second-order valence-electron chi connectivity index (χ2n) is 3.63. The summed E-state index contributed by atoms with van der Waals surface area (Å²) in [5.41, 5.74) is 16.5. The van der Waals surface area contributed by atoms with Crippen LogP contribution in [-0.4, -0.2) is 34.8 Å². The maximum Gasteiger partial charge on any atom is 0.231 e. The van der Waals surface area contributed by atoms with Crippen LogP contribution in [-0.2, 0) is 16.1 Å². The van der Waals surface area contributed by atoms with Crippen molar-refractivity contribution in [3.63, 3.8) is 0 Å². The van der Waals surface area contributed by atoms with E-state index in [1.54, 1.807) is 18.3 Å². The summed E-state index contributed by atoms with van der Waals surface area (Å²) in [6.07, 6.45) is 1.56. The molecule has 7 nitrogen and oxygen atoms in total. The van der Waals surface area contributed by atoms with Gasteiger partial charge in [0.05, 0.1) is 13.1 Å². The first-order valence-electron chi connectivity index (χ1n) is 4.97. The van der Waals surface area contributed by atoms with E-state index in [0.29, 0.717) is 12.4 Å². The number of hydrogen-bond donors (Lipinski definition) is 3. The Kier molecular flexibility index (Phi) is 4.41. The lowest BCUT2D eigenvalue weighted by atomic mass is 10.2. The summed E-state index contributed by atoms with van der Waals surface area (Å²) >= 11 is 0. The van der Waals surface area contributed by atoms with Crippen LogP contribution in [0, 0.1) is 0 Å². The maximum absolute atomic E-state index is 10.8. The van der Waals surface area contributed by atoms with Gasteiger partial charge in [-0.15, -0.1) is 0 Å². The lowest BCUT2D eigenvalue weighted by molar-refractivity contribution is -0.122. The zero-order valence-corrected chi connectivity index (χ0v) is 9.30. The molecule has 1 aromatic rings. The van der Waals surface area contributed by atoms with E-state index in [0.717, 1.165) is 5.56 Å². The van der Waals surface area contributed by atoms with Gasteiger partial charge in [0.2, 0.25) is 11.8 Å². The number of anilines is 1. The Morgan fingerprint density at radius 2 is 1.82 bits per heavy atom. The van der Waals surface area contributed by atoms with E-state index in [-0.39, 0.29) is 13.1 Å². The second-order valence-corrected chi connectivity index (χ2v) is 3.63. The normalized spacial score (nSPS) is 10.4. The van der Waals surface area contributed by atoms with Crippen molar-refractivity contribution in [3.05, 3.63) is 23.9 Å². The van der Waals surface area contributed by atoms with E-state index < -0.39 is 11.8 Å². The Labute approximate surface area is 98.6 Å². The molecule has 17 heavy (non-hydrogen) atoms. The van der Waals surface area contributed by atoms with Crippen molar-refractivity contribution < 1.29 is 9.59 Å². The van der Waals surface area contributed by atoms with Gasteiger partial charge in [-0.2, -0.15) is 0 Å². The molecule has 0 aliphatic rings. The average Bonchev–Trinajstić information content (AvgIpc) is 2.19. The molecule has 0 bridgehead atoms. The summed E-state index contributed by atoms with van der Waals surface area (Å²) in [7, 11) is 0. The number of nitrogens with two attached hydrogens (primary N) is 3. The number of carbonyl (C=O) groups excluding carboxylic acids is 2. The number of nitrogen functional groups attached to an aromatic ring is 1. The minimum Gasteiger partial charge on any atom is -0.383 e. The Bertz CT molecular complexity index is 405. The number of rotatable bonds is 6. The van der Waals surface area contributed by atoms with Crippen molar-refractivity contribution in [1.29, 1.82) is 0 Å². The van der Waals surface area contributed by atoms with Crippen molar-refractivity contribution in [1.82, 2.24) is 9.88 Å². The third-order valence-electron chi connectivity index (χ3n) is 2.08. The van der Waals surface area contributed by atoms with Crippen molar-refractivity contribution in [3.8, 4) is 0 Å². The SMILES string of the molecule is NC(=O)CN(CC(N)=O)Cc1cccnc1N. The van der Waals surface area contributed by atoms with E-state index in [1.165, 1.54) is 4.90 Å². The van der Waals surface area contributed by atoms with Crippen LogP contribution < -0.4 is 17.2 Å². The molecule has 0 unspecified atom stereocenters. The maximum atomic E-state index is 10.8. The summed E-state index contributed by atoms with van der Waals surface area (Å²) in [4.78, 5) is 27.1. The molecular weight excluding hydrogens is 222 g/mol. The van der Waals surface area contributed by atoms with Gasteiger partial charge in [-0.1, -0.05) is 6.07 Å². The molecule has 1 aromatic heterocycles. The quantitative estimate of drug-likeness (QED) is 0.551. The van der Waals surface area contributed by atoms with Crippen molar-refractivity contribution >= 4 is 17.6 Å². The molecule has 7 heteroatoms. The summed E-state index contributed by atoms with van der Waals surface area (Å²) in [6.45, 7) is 0.181. The van der Waals surface area contributed by atoms with Gasteiger partial charge in [0.25, 0.3) is 0 Å². The second kappa shape index (κ2) is 5.80. The van der Waals surface area contributed by atoms with Crippen LogP contribution in [0.5, 0.6) is 0 Å². The highest BCUT2D eigenvalue weighted by molar-refractivity contribution is 5.79. The third kappa shape index (κ3) is 4.47. The molecule has 0 fully saturated rings. The summed E-state index contributed by atoms with van der Waals surface area (Å²) in [5, 5.41) is 0. The highest BCUT2D eigenvalue weighted by Crippen LogP contribution is 2.09. The van der Waals surface area contributed by atoms with E-state index >= 15 is 0 Å². The number of nitrogens with zero attached hydrogens (tertiary/aromatic N) is 2. The fourth-order valence-corrected chi connectivity index (χ4v) is 1.43. The van der Waals surface area contributed by atoms with E-state index in [4.69, 9.17) is 17.2 Å². The van der Waals surface area contributed by atoms with Crippen LogP contribution >= 0.6 is 0 Å². The van der Waals surface area contributed by atoms with Gasteiger partial charge in [-0.3, -0.25) is 14.5 Å². The number of aromatic nitrogens is 1. The predicted molar refractivity (Wildman–Crippen MR) is 62.3 cm³/mol. The first-order chi connectivity index (χ1) is 7.99. The van der Waals surface area contributed by atoms with Gasteiger partial charge in [0.1, 0.15) is 5.82 Å². The van der Waals surface area contributed by atoms with Crippen molar-refractivity contribution in [2.45, 2.75) is 6.54 Å². The summed E-state index contributed by atoms with van der Waals surface area (Å²) in [5.74, 6) is -0.714. The monoisotopic (exact) mass is 237 g/mol. The number of amides is 2. The Morgan fingerprint density at radius 1 is 1.24 bits per heavy atom. The van der Waals surface area contributed by atoms with Crippen LogP contribution in [0.2, 0.25) is 0 Å². The molecule has 0 saturated carbocycles. The number of primary amides is 2. The molecule has 1 rings (SSSR count). The molecule has 0 saturated heterocycles. The summed E-state index contributed by atoms with van der Waals surface area (Å²) < 4.78 is 0. The van der Waals surface area contributed by atoms with Crippen LogP contribution in [0.3, 0.4) is 0 Å². The van der Waals surface area contributed by atoms with Crippen LogP contribution in [0.25, 0.3) is 0 Å². The minimum atomic E-state index is -0.534. The third-order valence-corrected chi connectivity index (χ3v) is 2.08. The molecule has 0 aliphatic heterocycles. The molecule has 6 N–H and O–H groups in total. The summed E-state index contributed by atoms with van der Waals surface area (Å²) in [6, 6.07) is 3.48. The molecule has 92 valence electrons. The highest BCUT2D eigenvalue weighted by Gasteiger charge is 2.13. The minimum absolute atomic E-state index is 0.0583. The van der Waals surface area contributed by atoms with Gasteiger partial charge >= 0.3 is 0 Å². The molecule has 0 atom stereocenters. The molecule has 0 spiro atoms. The molecule has 0 aromatic carbocycles. The first kappa shape index (κ1) is 12.9. The largest absolute Gasteiger partial charge is 0.383 e. The fourth-order valence-electron chi connectivity index (χ4n) is 1.43. The topological polar surface area (TPSA) is 128 Å². The molecular formula is C10H15N5O2. The first-order valence-corrected chi connectivity index (χ1v) is 4.97. The van der Waals surface area contributed by atoms with Crippen LogP contribution in [0.4, 0.5) is 5.82 Å². The van der Waals surface area contributed by atoms with E-state index in [1.807, 2.05) is 0 Å². The molecule has 2 amide bonds. The van der Waals surface area contributed by atoms with Gasteiger partial charge in [0.15, 0.2) is 0 Å². The standard InChI is InChI=1S/C10H15N5O2/c11-8(16)5-15(6-9(12)17)4-7-2-1-3-14-10(7)13/h1-3H,4-6H2,(H2,11,16)(H2,12,17)(H2,13,14). The smallest absolute Gasteiger partial charge is 0.231 e. The van der Waals surface area contributed by atoms with E-state index in [2.05, 4.69) is 4.98 Å². The zero-order valence-electron chi connectivity index (χ0n) is 9.30. The average molecular weight is 237 g/mol. The van der Waals surface area contributed by atoms with Crippen molar-refractivity contribution in [2.75, 3.05) is 18.8 Å². The highest BCUT2D eigenvalue weighted by atomic mass is 16.2. The van der Waals surface area contributed by atoms with Crippen molar-refractivity contribution in [2.24, 2.45) is 11.5 Å². The zero-order chi connectivity index (χ0) is 12.8. The van der Waals surface area contributed by atoms with E-state index in [9.17, 15) is 9.59 Å². The Hall–Kier alpha value is -2.15. The number of hydrogen-bond acceptors (Lipinski definition) is 5. The molecule has 0 radical (unpaired) electrons. The Balaban J connectivity index is 2.75. The molecule has 0 aliphatic carbocycles. The van der Waals surface area contributed by atoms with Crippen LogP contribution in [0.1, 0.15) is 5.56 Å². The lowest BCUT2D eigenvalue weighted by Crippen LogP contribution is -2.39.